The fourth-order valence-electron chi connectivity index (χ4n) is 2.62. The largest absolute Gasteiger partial charge is 0.337 e. The average molecular weight is 304 g/mol. The number of nitrogens with one attached hydrogen (secondary N) is 1. The van der Waals surface area contributed by atoms with Crippen LogP contribution in [0.15, 0.2) is 11.1 Å². The summed E-state index contributed by atoms with van der Waals surface area (Å²) in [5, 5.41) is 13.1. The van der Waals surface area contributed by atoms with Crippen LogP contribution in [-0.4, -0.2) is 27.2 Å². The molecule has 112 valence electrons. The maximum atomic E-state index is 12.1. The lowest BCUT2D eigenvalue weighted by atomic mass is 9.83. The molecule has 0 unspecified atom stereocenters. The minimum atomic E-state index is -0.659. The fraction of sp³-hybridized carbons (Fsp3) is 0.600. The molecule has 1 fully saturated rings. The first kappa shape index (κ1) is 15.8. The van der Waals surface area contributed by atoms with Crippen molar-refractivity contribution in [3.63, 3.8) is 0 Å². The minimum Gasteiger partial charge on any atom is -0.337 e. The molecule has 6 heteroatoms. The highest BCUT2D eigenvalue weighted by molar-refractivity contribution is 7.99. The molecule has 0 saturated heterocycles. The quantitative estimate of drug-likeness (QED) is 0.683. The van der Waals surface area contributed by atoms with Gasteiger partial charge in [-0.15, -0.1) is 0 Å². The first-order valence-corrected chi connectivity index (χ1v) is 8.19. The fourth-order valence-corrected chi connectivity index (χ4v) is 3.42. The highest BCUT2D eigenvalue weighted by atomic mass is 32.2. The number of aryl methyl sites for hydroxylation is 2. The number of hydrogen-bond acceptors (Lipinski definition) is 5. The summed E-state index contributed by atoms with van der Waals surface area (Å²) >= 11 is 1.38. The van der Waals surface area contributed by atoms with Crippen molar-refractivity contribution in [1.82, 2.24) is 15.3 Å². The van der Waals surface area contributed by atoms with Crippen LogP contribution in [0.2, 0.25) is 0 Å². The number of thioether (sulfide) groups is 1. The van der Waals surface area contributed by atoms with Crippen LogP contribution < -0.4 is 5.32 Å². The number of carbonyl (C=O) groups is 1. The summed E-state index contributed by atoms with van der Waals surface area (Å²) in [5.41, 5.74) is 0.235. The third-order valence-electron chi connectivity index (χ3n) is 3.59. The highest BCUT2D eigenvalue weighted by Crippen LogP contribution is 2.27. The van der Waals surface area contributed by atoms with Crippen LogP contribution in [-0.2, 0) is 4.79 Å². The zero-order chi connectivity index (χ0) is 15.3. The zero-order valence-corrected chi connectivity index (χ0v) is 13.3. The van der Waals surface area contributed by atoms with E-state index in [1.54, 1.807) is 0 Å². The van der Waals surface area contributed by atoms with Crippen LogP contribution >= 0.6 is 11.8 Å². The van der Waals surface area contributed by atoms with Crippen LogP contribution in [0.4, 0.5) is 0 Å². The summed E-state index contributed by atoms with van der Waals surface area (Å²) in [6.45, 7) is 3.75. The molecule has 0 radical (unpaired) electrons. The number of amides is 1. The molecule has 1 N–H and O–H groups in total. The number of aromatic nitrogens is 2. The van der Waals surface area contributed by atoms with E-state index >= 15 is 0 Å². The Kier molecular flexibility index (Phi) is 5.18. The predicted molar refractivity (Wildman–Crippen MR) is 81.8 cm³/mol. The molecule has 5 nitrogen and oxygen atoms in total. The molecule has 0 spiro atoms. The topological polar surface area (TPSA) is 78.7 Å². The highest BCUT2D eigenvalue weighted by Gasteiger charge is 2.33. The third-order valence-corrected chi connectivity index (χ3v) is 4.50. The van der Waals surface area contributed by atoms with Gasteiger partial charge in [-0.25, -0.2) is 9.97 Å². The maximum Gasteiger partial charge on any atom is 0.231 e. The molecule has 0 aliphatic heterocycles. The Morgan fingerprint density at radius 1 is 1.38 bits per heavy atom. The van der Waals surface area contributed by atoms with Crippen molar-refractivity contribution in [2.45, 2.75) is 56.5 Å². The van der Waals surface area contributed by atoms with Crippen molar-refractivity contribution in [3.8, 4) is 6.07 Å². The SMILES string of the molecule is Cc1cc(SCC(=O)NC2(C#N)CCCCC2)nc(C)n1. The van der Waals surface area contributed by atoms with Crippen molar-refractivity contribution < 1.29 is 4.79 Å². The Morgan fingerprint density at radius 3 is 2.71 bits per heavy atom. The maximum absolute atomic E-state index is 12.1. The van der Waals surface area contributed by atoms with E-state index in [-0.39, 0.29) is 11.7 Å². The molecule has 1 aliphatic carbocycles. The molecule has 1 amide bonds. The van der Waals surface area contributed by atoms with Crippen molar-refractivity contribution in [2.75, 3.05) is 5.75 Å². The number of nitriles is 1. The van der Waals surface area contributed by atoms with Gasteiger partial charge in [-0.2, -0.15) is 5.26 Å². The van der Waals surface area contributed by atoms with E-state index < -0.39 is 5.54 Å². The summed E-state index contributed by atoms with van der Waals surface area (Å²) < 4.78 is 0. The number of hydrogen-bond donors (Lipinski definition) is 1. The third kappa shape index (κ3) is 4.43. The van der Waals surface area contributed by atoms with E-state index in [0.717, 1.165) is 42.8 Å². The van der Waals surface area contributed by atoms with Gasteiger partial charge in [0.1, 0.15) is 16.4 Å². The zero-order valence-electron chi connectivity index (χ0n) is 12.5. The Morgan fingerprint density at radius 2 is 2.10 bits per heavy atom. The molecular formula is C15H20N4OS. The summed E-state index contributed by atoms with van der Waals surface area (Å²) in [5.74, 6) is 0.885. The summed E-state index contributed by atoms with van der Waals surface area (Å²) in [6.07, 6.45) is 4.67. The van der Waals surface area contributed by atoms with Gasteiger partial charge < -0.3 is 5.32 Å². The summed E-state index contributed by atoms with van der Waals surface area (Å²) in [4.78, 5) is 20.6. The van der Waals surface area contributed by atoms with Crippen LogP contribution in [0.3, 0.4) is 0 Å². The molecule has 0 aromatic carbocycles. The molecule has 21 heavy (non-hydrogen) atoms. The van der Waals surface area contributed by atoms with Gasteiger partial charge in [-0.05, 0) is 32.8 Å². The molecule has 0 atom stereocenters. The second-order valence-electron chi connectivity index (χ2n) is 5.49. The van der Waals surface area contributed by atoms with Crippen LogP contribution in [0, 0.1) is 25.2 Å². The van der Waals surface area contributed by atoms with Gasteiger partial charge >= 0.3 is 0 Å². The van der Waals surface area contributed by atoms with Crippen molar-refractivity contribution in [1.29, 1.82) is 5.26 Å². The first-order chi connectivity index (χ1) is 10.0. The van der Waals surface area contributed by atoms with Crippen molar-refractivity contribution in [3.05, 3.63) is 17.6 Å². The normalized spacial score (nSPS) is 17.0. The van der Waals surface area contributed by atoms with Crippen molar-refractivity contribution in [2.24, 2.45) is 0 Å². The molecule has 1 aromatic rings. The van der Waals surface area contributed by atoms with Gasteiger partial charge in [0.25, 0.3) is 0 Å². The molecule has 0 bridgehead atoms. The average Bonchev–Trinajstić information content (AvgIpc) is 2.45. The Labute approximate surface area is 129 Å². The van der Waals surface area contributed by atoms with Gasteiger partial charge in [-0.1, -0.05) is 31.0 Å². The van der Waals surface area contributed by atoms with E-state index in [0.29, 0.717) is 5.82 Å². The molecule has 1 aliphatic rings. The lowest BCUT2D eigenvalue weighted by molar-refractivity contribution is -0.120. The van der Waals surface area contributed by atoms with Gasteiger partial charge in [0.05, 0.1) is 11.8 Å². The van der Waals surface area contributed by atoms with E-state index in [1.165, 1.54) is 11.8 Å². The van der Waals surface area contributed by atoms with Crippen LogP contribution in [0.1, 0.15) is 43.6 Å². The first-order valence-electron chi connectivity index (χ1n) is 7.20. The van der Waals surface area contributed by atoms with Gasteiger partial charge in [-0.3, -0.25) is 4.79 Å². The molecular weight excluding hydrogens is 284 g/mol. The van der Waals surface area contributed by atoms with Gasteiger partial charge in [0.15, 0.2) is 0 Å². The number of rotatable bonds is 4. The lowest BCUT2D eigenvalue weighted by Gasteiger charge is -2.31. The molecule has 1 aromatic heterocycles. The standard InChI is InChI=1S/C15H20N4OS/c1-11-8-14(18-12(2)17-11)21-9-13(20)19-15(10-16)6-4-3-5-7-15/h8H,3-7,9H2,1-2H3,(H,19,20). The lowest BCUT2D eigenvalue weighted by Crippen LogP contribution is -2.49. The molecule has 1 heterocycles. The predicted octanol–water partition coefficient (Wildman–Crippen LogP) is 2.53. The smallest absolute Gasteiger partial charge is 0.231 e. The van der Waals surface area contributed by atoms with Crippen LogP contribution in [0.25, 0.3) is 0 Å². The molecule has 1 saturated carbocycles. The number of carbonyl (C=O) groups excluding carboxylic acids is 1. The molecule has 2 rings (SSSR count). The van der Waals surface area contributed by atoms with E-state index in [1.807, 2.05) is 19.9 Å². The van der Waals surface area contributed by atoms with Gasteiger partial charge in [0.2, 0.25) is 5.91 Å². The van der Waals surface area contributed by atoms with E-state index in [4.69, 9.17) is 0 Å². The van der Waals surface area contributed by atoms with Crippen LogP contribution in [0.5, 0.6) is 0 Å². The second-order valence-corrected chi connectivity index (χ2v) is 6.48. The Balaban J connectivity index is 1.91. The minimum absolute atomic E-state index is 0.0997. The monoisotopic (exact) mass is 304 g/mol. The van der Waals surface area contributed by atoms with E-state index in [9.17, 15) is 10.1 Å². The van der Waals surface area contributed by atoms with E-state index in [2.05, 4.69) is 21.4 Å². The summed E-state index contributed by atoms with van der Waals surface area (Å²) in [7, 11) is 0. The van der Waals surface area contributed by atoms with Gasteiger partial charge in [0, 0.05) is 5.69 Å². The number of nitrogens with zero attached hydrogens (tertiary/aromatic N) is 3. The Hall–Kier alpha value is -1.61. The second kappa shape index (κ2) is 6.90. The Bertz CT molecular complexity index is 541. The van der Waals surface area contributed by atoms with Crippen molar-refractivity contribution >= 4 is 17.7 Å². The summed E-state index contributed by atoms with van der Waals surface area (Å²) in [6, 6.07) is 4.16.